The van der Waals surface area contributed by atoms with E-state index >= 15 is 0 Å². The molecular weight excluding hydrogens is 388 g/mol. The second kappa shape index (κ2) is 7.06. The van der Waals surface area contributed by atoms with E-state index in [-0.39, 0.29) is 11.4 Å². The first-order chi connectivity index (χ1) is 13.4. The normalized spacial score (nSPS) is 17.5. The Kier molecular flexibility index (Phi) is 4.71. The Hall–Kier alpha value is -2.66. The van der Waals surface area contributed by atoms with E-state index in [0.717, 1.165) is 4.09 Å². The maximum atomic E-state index is 12.4. The van der Waals surface area contributed by atoms with Crippen molar-refractivity contribution in [1.82, 2.24) is 9.19 Å². The molecule has 1 aromatic carbocycles. The molecule has 2 heterocycles. The topological polar surface area (TPSA) is 117 Å². The molecule has 2 aromatic rings. The molecule has 0 N–H and O–H groups in total. The summed E-state index contributed by atoms with van der Waals surface area (Å²) in [6.45, 7) is 2.30. The van der Waals surface area contributed by atoms with Crippen molar-refractivity contribution in [2.45, 2.75) is 18.1 Å². The zero-order valence-electron chi connectivity index (χ0n) is 15.3. The first-order valence-electron chi connectivity index (χ1n) is 8.90. The van der Waals surface area contributed by atoms with Crippen molar-refractivity contribution >= 4 is 21.4 Å². The van der Waals surface area contributed by atoms with Gasteiger partial charge in [-0.2, -0.15) is 9.19 Å². The molecule has 0 bridgehead atoms. The highest BCUT2D eigenvalue weighted by Gasteiger charge is 2.38. The van der Waals surface area contributed by atoms with E-state index in [4.69, 9.17) is 9.47 Å². The fourth-order valence-electron chi connectivity index (χ4n) is 3.26. The molecule has 1 aliphatic carbocycles. The van der Waals surface area contributed by atoms with Crippen molar-refractivity contribution in [1.29, 1.82) is 0 Å². The highest BCUT2D eigenvalue weighted by atomic mass is 32.2. The van der Waals surface area contributed by atoms with Gasteiger partial charge in [-0.1, -0.05) is 0 Å². The van der Waals surface area contributed by atoms with Crippen LogP contribution < -0.4 is 9.64 Å². The van der Waals surface area contributed by atoms with Gasteiger partial charge in [-0.3, -0.25) is 10.1 Å². The van der Waals surface area contributed by atoms with Crippen LogP contribution in [-0.4, -0.2) is 61.2 Å². The van der Waals surface area contributed by atoms with Crippen molar-refractivity contribution in [2.24, 2.45) is 0 Å². The number of benzene rings is 1. The first-order valence-corrected chi connectivity index (χ1v) is 10.4. The smallest absolute Gasteiger partial charge is 0.311 e. The van der Waals surface area contributed by atoms with Crippen LogP contribution in [0.2, 0.25) is 0 Å². The van der Waals surface area contributed by atoms with Gasteiger partial charge >= 0.3 is 5.69 Å². The standard InChI is InChI=1S/C17H20N4O6S/c1-26-17-9-15(19-4-6-27-7-5-19)14(8-16(17)21(22)23)12-10-18-20(11-12)28(24,25)13-2-3-13/h8-11,13H,2-7H2,1H3. The van der Waals surface area contributed by atoms with E-state index in [1.54, 1.807) is 6.07 Å². The number of morpholine rings is 1. The Labute approximate surface area is 161 Å². The second-order valence-electron chi connectivity index (χ2n) is 6.74. The summed E-state index contributed by atoms with van der Waals surface area (Å²) in [6.07, 6.45) is 4.10. The lowest BCUT2D eigenvalue weighted by atomic mass is 10.0. The van der Waals surface area contributed by atoms with Crippen LogP contribution in [-0.2, 0) is 14.8 Å². The number of nitrogens with zero attached hydrogens (tertiary/aromatic N) is 4. The van der Waals surface area contributed by atoms with Gasteiger partial charge in [-0.25, -0.2) is 8.42 Å². The van der Waals surface area contributed by atoms with Crippen molar-refractivity contribution in [3.8, 4) is 16.9 Å². The molecule has 2 aliphatic rings. The first kappa shape index (κ1) is 18.7. The van der Waals surface area contributed by atoms with Gasteiger partial charge in [-0.15, -0.1) is 0 Å². The molecule has 1 aromatic heterocycles. The molecule has 0 spiro atoms. The quantitative estimate of drug-likeness (QED) is 0.523. The van der Waals surface area contributed by atoms with Crippen LogP contribution in [0.4, 0.5) is 11.4 Å². The van der Waals surface area contributed by atoms with Gasteiger partial charge in [0.1, 0.15) is 0 Å². The van der Waals surface area contributed by atoms with Gasteiger partial charge in [-0.05, 0) is 12.8 Å². The van der Waals surface area contributed by atoms with Crippen LogP contribution in [0.3, 0.4) is 0 Å². The molecule has 0 atom stereocenters. The Bertz CT molecular complexity index is 1010. The van der Waals surface area contributed by atoms with Crippen LogP contribution in [0, 0.1) is 10.1 Å². The molecule has 1 saturated heterocycles. The third kappa shape index (κ3) is 3.31. The van der Waals surface area contributed by atoms with Crippen molar-refractivity contribution in [2.75, 3.05) is 38.3 Å². The van der Waals surface area contributed by atoms with Gasteiger partial charge in [0.2, 0.25) is 0 Å². The molecule has 0 amide bonds. The zero-order valence-corrected chi connectivity index (χ0v) is 16.1. The van der Waals surface area contributed by atoms with Gasteiger partial charge < -0.3 is 14.4 Å². The molecule has 28 heavy (non-hydrogen) atoms. The summed E-state index contributed by atoms with van der Waals surface area (Å²) < 4.78 is 36.5. The summed E-state index contributed by atoms with van der Waals surface area (Å²) >= 11 is 0. The summed E-state index contributed by atoms with van der Waals surface area (Å²) in [6, 6.07) is 3.03. The van der Waals surface area contributed by atoms with Crippen LogP contribution in [0.1, 0.15) is 12.8 Å². The average molecular weight is 408 g/mol. The number of methoxy groups -OCH3 is 1. The summed E-state index contributed by atoms with van der Waals surface area (Å²) in [5, 5.41) is 15.1. The van der Waals surface area contributed by atoms with Gasteiger partial charge in [0.05, 0.1) is 42.9 Å². The minimum atomic E-state index is -3.52. The number of hydrogen-bond acceptors (Lipinski definition) is 8. The summed E-state index contributed by atoms with van der Waals surface area (Å²) in [5.41, 5.74) is 1.56. The second-order valence-corrected chi connectivity index (χ2v) is 8.81. The number of hydrogen-bond donors (Lipinski definition) is 0. The van der Waals surface area contributed by atoms with Crippen molar-refractivity contribution in [3.63, 3.8) is 0 Å². The molecular formula is C17H20N4O6S. The van der Waals surface area contributed by atoms with Crippen LogP contribution in [0.5, 0.6) is 5.75 Å². The van der Waals surface area contributed by atoms with E-state index in [1.807, 2.05) is 4.90 Å². The molecule has 0 unspecified atom stereocenters. The number of aromatic nitrogens is 2. The minimum absolute atomic E-state index is 0.147. The molecule has 10 nitrogen and oxygen atoms in total. The molecule has 150 valence electrons. The monoisotopic (exact) mass is 408 g/mol. The van der Waals surface area contributed by atoms with Crippen molar-refractivity contribution in [3.05, 3.63) is 34.6 Å². The molecule has 11 heteroatoms. The predicted octanol–water partition coefficient (Wildman–Crippen LogP) is 1.64. The maximum absolute atomic E-state index is 12.4. The number of anilines is 1. The number of nitro benzene ring substituents is 1. The lowest BCUT2D eigenvalue weighted by Crippen LogP contribution is -2.36. The fourth-order valence-corrected chi connectivity index (χ4v) is 4.74. The Morgan fingerprint density at radius 2 is 2.00 bits per heavy atom. The van der Waals surface area contributed by atoms with Crippen LogP contribution in [0.15, 0.2) is 24.5 Å². The SMILES string of the molecule is COc1cc(N2CCOCC2)c(-c2cnn(S(=O)(=O)C3CC3)c2)cc1[N+](=O)[O-]. The molecule has 4 rings (SSSR count). The highest BCUT2D eigenvalue weighted by molar-refractivity contribution is 7.90. The fraction of sp³-hybridized carbons (Fsp3) is 0.471. The summed E-state index contributed by atoms with van der Waals surface area (Å²) in [7, 11) is -2.14. The van der Waals surface area contributed by atoms with Gasteiger partial charge in [0.15, 0.2) is 5.75 Å². The number of ether oxygens (including phenoxy) is 2. The number of nitro groups is 1. The van der Waals surface area contributed by atoms with E-state index in [9.17, 15) is 18.5 Å². The molecule has 1 saturated carbocycles. The largest absolute Gasteiger partial charge is 0.490 e. The number of rotatable bonds is 6. The lowest BCUT2D eigenvalue weighted by molar-refractivity contribution is -0.385. The van der Waals surface area contributed by atoms with E-state index < -0.39 is 20.2 Å². The Balaban J connectivity index is 1.83. The summed E-state index contributed by atoms with van der Waals surface area (Å²) in [5.74, 6) is 0.147. The molecule has 2 fully saturated rings. The highest BCUT2D eigenvalue weighted by Crippen LogP contribution is 2.41. The molecule has 1 aliphatic heterocycles. The van der Waals surface area contributed by atoms with Crippen molar-refractivity contribution < 1.29 is 22.8 Å². The molecule has 0 radical (unpaired) electrons. The Morgan fingerprint density at radius 1 is 1.29 bits per heavy atom. The minimum Gasteiger partial charge on any atom is -0.490 e. The van der Waals surface area contributed by atoms with Gasteiger partial charge in [0, 0.05) is 42.0 Å². The summed E-state index contributed by atoms with van der Waals surface area (Å²) in [4.78, 5) is 13.0. The third-order valence-electron chi connectivity index (χ3n) is 4.92. The van der Waals surface area contributed by atoms with E-state index in [1.165, 1.54) is 25.6 Å². The predicted molar refractivity (Wildman–Crippen MR) is 101 cm³/mol. The lowest BCUT2D eigenvalue weighted by Gasteiger charge is -2.30. The van der Waals surface area contributed by atoms with E-state index in [2.05, 4.69) is 5.10 Å². The maximum Gasteiger partial charge on any atom is 0.311 e. The third-order valence-corrected chi connectivity index (χ3v) is 6.96. The Morgan fingerprint density at radius 3 is 2.61 bits per heavy atom. The average Bonchev–Trinajstić information content (AvgIpc) is 3.45. The van der Waals surface area contributed by atoms with E-state index in [0.29, 0.717) is 56.0 Å². The van der Waals surface area contributed by atoms with Gasteiger partial charge in [0.25, 0.3) is 10.0 Å². The van der Waals surface area contributed by atoms with Crippen LogP contribution in [0.25, 0.3) is 11.1 Å². The van der Waals surface area contributed by atoms with Crippen LogP contribution >= 0.6 is 0 Å². The zero-order chi connectivity index (χ0) is 19.9.